The summed E-state index contributed by atoms with van der Waals surface area (Å²) in [5, 5.41) is 4.36. The lowest BCUT2D eigenvalue weighted by atomic mass is 9.98. The van der Waals surface area contributed by atoms with Gasteiger partial charge in [-0.15, -0.1) is 0 Å². The van der Waals surface area contributed by atoms with Gasteiger partial charge in [0.15, 0.2) is 0 Å². The third kappa shape index (κ3) is 3.73. The van der Waals surface area contributed by atoms with Gasteiger partial charge in [0.25, 0.3) is 0 Å². The Morgan fingerprint density at radius 2 is 1.80 bits per heavy atom. The van der Waals surface area contributed by atoms with Crippen molar-refractivity contribution in [2.24, 2.45) is 0 Å². The van der Waals surface area contributed by atoms with Crippen LogP contribution in [0.3, 0.4) is 0 Å². The molecule has 0 aromatic heterocycles. The lowest BCUT2D eigenvalue weighted by Crippen LogP contribution is -2.20. The molecule has 2 aromatic carbocycles. The van der Waals surface area contributed by atoms with Crippen LogP contribution in [0.1, 0.15) is 17.2 Å². The largest absolute Gasteiger partial charge is 0.313 e. The Morgan fingerprint density at radius 1 is 1.15 bits per heavy atom. The molecule has 0 aliphatic carbocycles. The highest BCUT2D eigenvalue weighted by molar-refractivity contribution is 9.10. The second kappa shape index (κ2) is 6.90. The van der Waals surface area contributed by atoms with Crippen molar-refractivity contribution in [3.8, 4) is 0 Å². The van der Waals surface area contributed by atoms with E-state index in [0.717, 1.165) is 10.0 Å². The molecule has 1 N–H and O–H groups in total. The van der Waals surface area contributed by atoms with Crippen molar-refractivity contribution in [3.63, 3.8) is 0 Å². The van der Waals surface area contributed by atoms with Crippen molar-refractivity contribution in [3.05, 3.63) is 67.9 Å². The summed E-state index contributed by atoms with van der Waals surface area (Å²) in [4.78, 5) is 0. The van der Waals surface area contributed by atoms with Crippen molar-refractivity contribution in [1.82, 2.24) is 5.32 Å². The Hall–Kier alpha value is -0.610. The molecule has 0 aliphatic heterocycles. The fraction of sp³-hybridized carbons (Fsp3) is 0.200. The molecule has 20 heavy (non-hydrogen) atoms. The molecule has 106 valence electrons. The Balaban J connectivity index is 2.33. The lowest BCUT2D eigenvalue weighted by molar-refractivity contribution is 0.553. The van der Waals surface area contributed by atoms with Gasteiger partial charge in [0, 0.05) is 20.6 Å². The number of hydrogen-bond donors (Lipinski definition) is 1. The van der Waals surface area contributed by atoms with Gasteiger partial charge < -0.3 is 5.32 Å². The molecule has 0 radical (unpaired) electrons. The maximum Gasteiger partial charge on any atom is 0.126 e. The first-order valence-electron chi connectivity index (χ1n) is 6.07. The van der Waals surface area contributed by atoms with Crippen LogP contribution in [0.2, 0.25) is 10.0 Å². The summed E-state index contributed by atoms with van der Waals surface area (Å²) in [6, 6.07) is 10.1. The van der Waals surface area contributed by atoms with E-state index in [9.17, 15) is 4.39 Å². The van der Waals surface area contributed by atoms with E-state index in [4.69, 9.17) is 23.2 Å². The SMILES string of the molecule is CNC(Cc1cc(Cl)ccc1F)c1cc(Cl)ccc1Br. The van der Waals surface area contributed by atoms with Crippen molar-refractivity contribution in [1.29, 1.82) is 0 Å². The molecule has 2 aromatic rings. The van der Waals surface area contributed by atoms with Gasteiger partial charge in [-0.25, -0.2) is 4.39 Å². The topological polar surface area (TPSA) is 12.0 Å². The molecule has 0 amide bonds. The lowest BCUT2D eigenvalue weighted by Gasteiger charge is -2.19. The predicted molar refractivity (Wildman–Crippen MR) is 86.1 cm³/mol. The fourth-order valence-electron chi connectivity index (χ4n) is 2.07. The number of rotatable bonds is 4. The maximum atomic E-state index is 13.8. The summed E-state index contributed by atoms with van der Waals surface area (Å²) < 4.78 is 14.8. The maximum absolute atomic E-state index is 13.8. The van der Waals surface area contributed by atoms with Crippen LogP contribution in [0.15, 0.2) is 40.9 Å². The molecular formula is C15H13BrCl2FN. The zero-order valence-corrected chi connectivity index (χ0v) is 13.9. The predicted octanol–water partition coefficient (Wildman–Crippen LogP) is 5.40. The van der Waals surface area contributed by atoms with Crippen LogP contribution in [-0.2, 0) is 6.42 Å². The van der Waals surface area contributed by atoms with Crippen molar-refractivity contribution in [2.75, 3.05) is 7.05 Å². The van der Waals surface area contributed by atoms with E-state index in [1.54, 1.807) is 12.1 Å². The summed E-state index contributed by atoms with van der Waals surface area (Å²) in [6.07, 6.45) is 0.488. The first kappa shape index (κ1) is 15.8. The van der Waals surface area contributed by atoms with Crippen molar-refractivity contribution < 1.29 is 4.39 Å². The first-order valence-corrected chi connectivity index (χ1v) is 7.62. The average Bonchev–Trinajstić information content (AvgIpc) is 2.42. The van der Waals surface area contributed by atoms with E-state index in [0.29, 0.717) is 22.0 Å². The number of halogens is 4. The van der Waals surface area contributed by atoms with E-state index in [1.807, 2.05) is 25.2 Å². The zero-order valence-electron chi connectivity index (χ0n) is 10.8. The Bertz CT molecular complexity index is 619. The van der Waals surface area contributed by atoms with Gasteiger partial charge in [-0.05, 0) is 61.0 Å². The number of hydrogen-bond acceptors (Lipinski definition) is 1. The summed E-state index contributed by atoms with van der Waals surface area (Å²) in [5.74, 6) is -0.257. The van der Waals surface area contributed by atoms with Crippen LogP contribution in [0.4, 0.5) is 4.39 Å². The van der Waals surface area contributed by atoms with Crippen LogP contribution >= 0.6 is 39.1 Å². The summed E-state index contributed by atoms with van der Waals surface area (Å²) in [6.45, 7) is 0. The molecule has 0 fully saturated rings. The van der Waals surface area contributed by atoms with Gasteiger partial charge in [0.05, 0.1) is 0 Å². The van der Waals surface area contributed by atoms with E-state index >= 15 is 0 Å². The smallest absolute Gasteiger partial charge is 0.126 e. The highest BCUT2D eigenvalue weighted by Gasteiger charge is 2.16. The van der Waals surface area contributed by atoms with E-state index in [2.05, 4.69) is 21.2 Å². The van der Waals surface area contributed by atoms with Crippen molar-refractivity contribution in [2.45, 2.75) is 12.5 Å². The summed E-state index contributed by atoms with van der Waals surface area (Å²) >= 11 is 15.5. The highest BCUT2D eigenvalue weighted by Crippen LogP contribution is 2.29. The average molecular weight is 377 g/mol. The molecule has 1 unspecified atom stereocenters. The number of likely N-dealkylation sites (N-methyl/N-ethyl adjacent to an activating group) is 1. The first-order chi connectivity index (χ1) is 9.51. The molecule has 0 bridgehead atoms. The summed E-state index contributed by atoms with van der Waals surface area (Å²) in [7, 11) is 1.83. The van der Waals surface area contributed by atoms with Crippen LogP contribution in [0.5, 0.6) is 0 Å². The molecule has 0 aliphatic rings. The van der Waals surface area contributed by atoms with Gasteiger partial charge in [0.2, 0.25) is 0 Å². The second-order valence-electron chi connectivity index (χ2n) is 4.45. The molecule has 0 saturated carbocycles. The molecule has 0 spiro atoms. The third-order valence-corrected chi connectivity index (χ3v) is 4.31. The summed E-state index contributed by atoms with van der Waals surface area (Å²) in [5.41, 5.74) is 1.56. The number of benzene rings is 2. The standard InChI is InChI=1S/C15H13BrCl2FN/c1-20-15(12-8-11(18)2-4-13(12)16)7-9-6-10(17)3-5-14(9)19/h2-6,8,15,20H,7H2,1H3. The minimum absolute atomic E-state index is 0.0592. The third-order valence-electron chi connectivity index (χ3n) is 3.11. The molecule has 0 heterocycles. The molecule has 2 rings (SSSR count). The normalized spacial score (nSPS) is 12.4. The molecule has 5 heteroatoms. The quantitative estimate of drug-likeness (QED) is 0.753. The molecule has 0 saturated heterocycles. The van der Waals surface area contributed by atoms with Gasteiger partial charge >= 0.3 is 0 Å². The Labute approximate surface area is 136 Å². The van der Waals surface area contributed by atoms with E-state index in [1.165, 1.54) is 6.07 Å². The van der Waals surface area contributed by atoms with E-state index < -0.39 is 0 Å². The minimum atomic E-state index is -0.257. The van der Waals surface area contributed by atoms with Crippen LogP contribution < -0.4 is 5.32 Å². The molecular weight excluding hydrogens is 364 g/mol. The monoisotopic (exact) mass is 375 g/mol. The van der Waals surface area contributed by atoms with Crippen LogP contribution in [-0.4, -0.2) is 7.05 Å². The fourth-order valence-corrected chi connectivity index (χ4v) is 2.97. The van der Waals surface area contributed by atoms with Crippen LogP contribution in [0.25, 0.3) is 0 Å². The van der Waals surface area contributed by atoms with Gasteiger partial charge in [-0.3, -0.25) is 0 Å². The Kier molecular flexibility index (Phi) is 5.44. The Morgan fingerprint density at radius 3 is 2.50 bits per heavy atom. The second-order valence-corrected chi connectivity index (χ2v) is 6.17. The highest BCUT2D eigenvalue weighted by atomic mass is 79.9. The van der Waals surface area contributed by atoms with E-state index in [-0.39, 0.29) is 11.9 Å². The molecule has 1 atom stereocenters. The molecule has 1 nitrogen and oxygen atoms in total. The number of nitrogens with one attached hydrogen (secondary N) is 1. The minimum Gasteiger partial charge on any atom is -0.313 e. The van der Waals surface area contributed by atoms with Gasteiger partial charge in [0.1, 0.15) is 5.82 Å². The van der Waals surface area contributed by atoms with Gasteiger partial charge in [-0.1, -0.05) is 39.1 Å². The van der Waals surface area contributed by atoms with Crippen molar-refractivity contribution >= 4 is 39.1 Å². The van der Waals surface area contributed by atoms with Gasteiger partial charge in [-0.2, -0.15) is 0 Å². The zero-order chi connectivity index (χ0) is 14.7. The van der Waals surface area contributed by atoms with Crippen LogP contribution in [0, 0.1) is 5.82 Å².